The average Bonchev–Trinajstić information content (AvgIpc) is 2.78. The van der Waals surface area contributed by atoms with Crippen LogP contribution in [0.15, 0.2) is 78.9 Å². The number of carbonyl (C=O) groups excluding carboxylic acids is 1. The molecule has 0 radical (unpaired) electrons. The minimum atomic E-state index is -0.940. The SMILES string of the molecule is CC(Oc1ccccc1[N+](=O)[O-])C(=O)Nc1cccc(OCCOc2ccccc2)c1. The second-order valence-corrected chi connectivity index (χ2v) is 6.51. The molecule has 0 aromatic heterocycles. The van der Waals surface area contributed by atoms with E-state index >= 15 is 0 Å². The maximum absolute atomic E-state index is 12.5. The van der Waals surface area contributed by atoms with Gasteiger partial charge < -0.3 is 19.5 Å². The first-order chi connectivity index (χ1) is 15.0. The van der Waals surface area contributed by atoms with E-state index in [0.29, 0.717) is 24.7 Å². The second kappa shape index (κ2) is 10.6. The van der Waals surface area contributed by atoms with E-state index in [1.165, 1.54) is 25.1 Å². The van der Waals surface area contributed by atoms with Crippen LogP contribution in [-0.4, -0.2) is 30.1 Å². The van der Waals surface area contributed by atoms with Gasteiger partial charge >= 0.3 is 5.69 Å². The number of hydrogen-bond acceptors (Lipinski definition) is 6. The molecular formula is C23H22N2O6. The molecule has 1 atom stereocenters. The summed E-state index contributed by atoms with van der Waals surface area (Å²) in [5, 5.41) is 13.8. The maximum atomic E-state index is 12.5. The number of nitrogens with one attached hydrogen (secondary N) is 1. The zero-order chi connectivity index (χ0) is 22.1. The Hall–Kier alpha value is -4.07. The molecule has 0 aliphatic carbocycles. The molecular weight excluding hydrogens is 400 g/mol. The van der Waals surface area contributed by atoms with Gasteiger partial charge in [-0.05, 0) is 37.3 Å². The van der Waals surface area contributed by atoms with Crippen molar-refractivity contribution in [2.24, 2.45) is 0 Å². The standard InChI is InChI=1S/C23H22N2O6/c1-17(31-22-13-6-5-12-21(22)25(27)28)23(26)24-18-8-7-11-20(16-18)30-15-14-29-19-9-3-2-4-10-19/h2-13,16-17H,14-15H2,1H3,(H,24,26). The molecule has 1 amide bonds. The Morgan fingerprint density at radius 1 is 0.935 bits per heavy atom. The summed E-state index contributed by atoms with van der Waals surface area (Å²) in [5.41, 5.74) is 0.319. The van der Waals surface area contributed by atoms with Crippen molar-refractivity contribution in [3.63, 3.8) is 0 Å². The number of nitro groups is 1. The quantitative estimate of drug-likeness (QED) is 0.294. The molecule has 0 fully saturated rings. The zero-order valence-corrected chi connectivity index (χ0v) is 16.9. The fraction of sp³-hybridized carbons (Fsp3) is 0.174. The summed E-state index contributed by atoms with van der Waals surface area (Å²) < 4.78 is 16.7. The van der Waals surface area contributed by atoms with Crippen molar-refractivity contribution in [1.29, 1.82) is 0 Å². The summed E-state index contributed by atoms with van der Waals surface area (Å²) in [6.07, 6.45) is -0.940. The summed E-state index contributed by atoms with van der Waals surface area (Å²) >= 11 is 0. The Bertz CT molecular complexity index is 1030. The molecule has 0 aliphatic rings. The summed E-state index contributed by atoms with van der Waals surface area (Å²) in [4.78, 5) is 23.0. The minimum absolute atomic E-state index is 0.0330. The monoisotopic (exact) mass is 422 g/mol. The van der Waals surface area contributed by atoms with E-state index in [2.05, 4.69) is 5.32 Å². The van der Waals surface area contributed by atoms with Gasteiger partial charge in [-0.3, -0.25) is 14.9 Å². The second-order valence-electron chi connectivity index (χ2n) is 6.51. The molecule has 3 aromatic rings. The van der Waals surface area contributed by atoms with Crippen molar-refractivity contribution in [2.75, 3.05) is 18.5 Å². The molecule has 0 aliphatic heterocycles. The number of nitro benzene ring substituents is 1. The van der Waals surface area contributed by atoms with Gasteiger partial charge in [0.1, 0.15) is 24.7 Å². The van der Waals surface area contributed by atoms with Crippen LogP contribution in [0.1, 0.15) is 6.92 Å². The van der Waals surface area contributed by atoms with Gasteiger partial charge in [0.2, 0.25) is 0 Å². The highest BCUT2D eigenvalue weighted by Crippen LogP contribution is 2.27. The number of anilines is 1. The third-order valence-electron chi connectivity index (χ3n) is 4.20. The highest BCUT2D eigenvalue weighted by molar-refractivity contribution is 5.94. The Labute approximate surface area is 179 Å². The molecule has 1 N–H and O–H groups in total. The molecule has 0 spiro atoms. The number of ether oxygens (including phenoxy) is 3. The molecule has 0 bridgehead atoms. The lowest BCUT2D eigenvalue weighted by molar-refractivity contribution is -0.386. The molecule has 0 saturated heterocycles. The first-order valence-electron chi connectivity index (χ1n) is 9.64. The van der Waals surface area contributed by atoms with Crippen LogP contribution < -0.4 is 19.5 Å². The van der Waals surface area contributed by atoms with Gasteiger partial charge in [-0.1, -0.05) is 36.4 Å². The fourth-order valence-corrected chi connectivity index (χ4v) is 2.69. The van der Waals surface area contributed by atoms with E-state index in [1.54, 1.807) is 30.3 Å². The number of para-hydroxylation sites is 3. The van der Waals surface area contributed by atoms with Crippen LogP contribution in [0.2, 0.25) is 0 Å². The lowest BCUT2D eigenvalue weighted by Crippen LogP contribution is -2.30. The van der Waals surface area contributed by atoms with Crippen LogP contribution in [0.4, 0.5) is 11.4 Å². The van der Waals surface area contributed by atoms with Crippen LogP contribution in [0.3, 0.4) is 0 Å². The van der Waals surface area contributed by atoms with Crippen LogP contribution in [0.25, 0.3) is 0 Å². The van der Waals surface area contributed by atoms with Crippen LogP contribution >= 0.6 is 0 Å². The van der Waals surface area contributed by atoms with Gasteiger partial charge in [0.15, 0.2) is 11.9 Å². The number of amides is 1. The topological polar surface area (TPSA) is 99.9 Å². The van der Waals surface area contributed by atoms with Crippen LogP contribution in [0, 0.1) is 10.1 Å². The molecule has 0 saturated carbocycles. The zero-order valence-electron chi connectivity index (χ0n) is 16.9. The number of nitrogens with zero attached hydrogens (tertiary/aromatic N) is 1. The van der Waals surface area contributed by atoms with E-state index in [1.807, 2.05) is 30.3 Å². The Morgan fingerprint density at radius 3 is 2.32 bits per heavy atom. The maximum Gasteiger partial charge on any atom is 0.310 e. The summed E-state index contributed by atoms with van der Waals surface area (Å²) in [6.45, 7) is 2.23. The van der Waals surface area contributed by atoms with Crippen molar-refractivity contribution in [2.45, 2.75) is 13.0 Å². The van der Waals surface area contributed by atoms with Gasteiger partial charge in [-0.2, -0.15) is 0 Å². The molecule has 8 nitrogen and oxygen atoms in total. The highest BCUT2D eigenvalue weighted by atomic mass is 16.6. The number of benzene rings is 3. The molecule has 160 valence electrons. The first-order valence-corrected chi connectivity index (χ1v) is 9.64. The van der Waals surface area contributed by atoms with E-state index in [0.717, 1.165) is 5.75 Å². The number of carbonyl (C=O) groups is 1. The van der Waals surface area contributed by atoms with Gasteiger partial charge in [-0.25, -0.2) is 0 Å². The Morgan fingerprint density at radius 2 is 1.58 bits per heavy atom. The van der Waals surface area contributed by atoms with Crippen LogP contribution in [-0.2, 0) is 4.79 Å². The van der Waals surface area contributed by atoms with E-state index in [4.69, 9.17) is 14.2 Å². The smallest absolute Gasteiger partial charge is 0.310 e. The predicted octanol–water partition coefficient (Wildman–Crippen LogP) is 4.46. The molecule has 0 heterocycles. The van der Waals surface area contributed by atoms with Crippen molar-refractivity contribution in [1.82, 2.24) is 0 Å². The Kier molecular flexibility index (Phi) is 7.42. The lowest BCUT2D eigenvalue weighted by Gasteiger charge is -2.15. The van der Waals surface area contributed by atoms with E-state index < -0.39 is 16.9 Å². The summed E-state index contributed by atoms with van der Waals surface area (Å²) in [7, 11) is 0. The van der Waals surface area contributed by atoms with Crippen molar-refractivity contribution < 1.29 is 23.9 Å². The molecule has 8 heteroatoms. The molecule has 3 aromatic carbocycles. The normalized spacial score (nSPS) is 11.3. The first kappa shape index (κ1) is 21.6. The van der Waals surface area contributed by atoms with E-state index in [-0.39, 0.29) is 11.4 Å². The van der Waals surface area contributed by atoms with Crippen LogP contribution in [0.5, 0.6) is 17.2 Å². The molecule has 3 rings (SSSR count). The van der Waals surface area contributed by atoms with Crippen molar-refractivity contribution in [3.8, 4) is 17.2 Å². The van der Waals surface area contributed by atoms with Crippen molar-refractivity contribution >= 4 is 17.3 Å². The summed E-state index contributed by atoms with van der Waals surface area (Å²) in [5.74, 6) is 0.926. The molecule has 1 unspecified atom stereocenters. The lowest BCUT2D eigenvalue weighted by atomic mass is 10.2. The van der Waals surface area contributed by atoms with Gasteiger partial charge in [0.05, 0.1) is 4.92 Å². The minimum Gasteiger partial charge on any atom is -0.490 e. The third kappa shape index (κ3) is 6.46. The fourth-order valence-electron chi connectivity index (χ4n) is 2.69. The van der Waals surface area contributed by atoms with Gasteiger partial charge in [0.25, 0.3) is 5.91 Å². The number of rotatable bonds is 10. The largest absolute Gasteiger partial charge is 0.490 e. The predicted molar refractivity (Wildman–Crippen MR) is 116 cm³/mol. The summed E-state index contributed by atoms with van der Waals surface area (Å²) in [6, 6.07) is 22.2. The number of hydrogen-bond donors (Lipinski definition) is 1. The van der Waals surface area contributed by atoms with Gasteiger partial charge in [-0.15, -0.1) is 0 Å². The van der Waals surface area contributed by atoms with E-state index in [9.17, 15) is 14.9 Å². The van der Waals surface area contributed by atoms with Crippen molar-refractivity contribution in [3.05, 3.63) is 89.0 Å². The average molecular weight is 422 g/mol. The highest BCUT2D eigenvalue weighted by Gasteiger charge is 2.20. The Balaban J connectivity index is 1.51. The third-order valence-corrected chi connectivity index (χ3v) is 4.20. The molecule has 31 heavy (non-hydrogen) atoms. The van der Waals surface area contributed by atoms with Gasteiger partial charge in [0, 0.05) is 17.8 Å².